The molecule has 0 atom stereocenters. The largest absolute Gasteiger partial charge is 0.347 e. The van der Waals surface area contributed by atoms with E-state index in [4.69, 9.17) is 11.6 Å². The highest BCUT2D eigenvalue weighted by molar-refractivity contribution is 7.27. The van der Waals surface area contributed by atoms with Gasteiger partial charge in [-0.1, -0.05) is 41.1 Å². The highest BCUT2D eigenvalue weighted by Gasteiger charge is 2.39. The maximum atomic E-state index is 6.63. The number of halogens is 1. The Kier molecular flexibility index (Phi) is 4.74. The summed E-state index contributed by atoms with van der Waals surface area (Å²) < 4.78 is 1.18. The predicted octanol–water partition coefficient (Wildman–Crippen LogP) is 5.82. The topological polar surface area (TPSA) is 41.1 Å². The average molecular weight is 421 g/mol. The molecule has 1 fully saturated rings. The number of nitrogens with one attached hydrogen (secondary N) is 1. The number of rotatable bonds is 3. The molecule has 27 heavy (non-hydrogen) atoms. The van der Waals surface area contributed by atoms with Gasteiger partial charge in [0, 0.05) is 34.3 Å². The van der Waals surface area contributed by atoms with Gasteiger partial charge in [0.15, 0.2) is 5.01 Å². The van der Waals surface area contributed by atoms with Gasteiger partial charge in [-0.3, -0.25) is 0 Å². The van der Waals surface area contributed by atoms with Gasteiger partial charge in [0.05, 0.1) is 9.90 Å². The van der Waals surface area contributed by atoms with Crippen LogP contribution < -0.4 is 10.2 Å². The molecule has 4 rings (SSSR count). The first-order valence-electron chi connectivity index (χ1n) is 9.18. The Hall–Kier alpha value is -1.21. The highest BCUT2D eigenvalue weighted by Crippen LogP contribution is 2.44. The lowest BCUT2D eigenvalue weighted by Crippen LogP contribution is -2.61. The molecule has 1 aromatic carbocycles. The summed E-state index contributed by atoms with van der Waals surface area (Å²) in [6, 6.07) is 8.65. The number of hydrogen-bond donors (Lipinski definition) is 1. The Morgan fingerprint density at radius 2 is 1.74 bits per heavy atom. The molecule has 3 heterocycles. The number of nitrogens with zero attached hydrogens (tertiary/aromatic N) is 3. The van der Waals surface area contributed by atoms with Crippen molar-refractivity contribution in [3.63, 3.8) is 0 Å². The van der Waals surface area contributed by atoms with Crippen molar-refractivity contribution in [3.05, 3.63) is 29.3 Å². The van der Waals surface area contributed by atoms with Crippen molar-refractivity contribution >= 4 is 49.5 Å². The first kappa shape index (κ1) is 19.1. The lowest BCUT2D eigenvalue weighted by molar-refractivity contribution is 0.161. The molecule has 0 saturated carbocycles. The Labute approximate surface area is 173 Å². The van der Waals surface area contributed by atoms with Crippen LogP contribution in [0.3, 0.4) is 0 Å². The third-order valence-electron chi connectivity index (χ3n) is 5.16. The van der Waals surface area contributed by atoms with E-state index in [0.29, 0.717) is 6.04 Å². The monoisotopic (exact) mass is 420 g/mol. The highest BCUT2D eigenvalue weighted by atomic mass is 35.5. The van der Waals surface area contributed by atoms with Gasteiger partial charge in [-0.15, -0.1) is 21.5 Å². The second kappa shape index (κ2) is 6.69. The summed E-state index contributed by atoms with van der Waals surface area (Å²) in [6.07, 6.45) is 2.15. The zero-order valence-corrected chi connectivity index (χ0v) is 18.7. The molecule has 0 bridgehead atoms. The maximum absolute atomic E-state index is 6.63. The first-order chi connectivity index (χ1) is 12.7. The molecular weight excluding hydrogens is 396 g/mol. The maximum Gasteiger partial charge on any atom is 0.208 e. The van der Waals surface area contributed by atoms with Crippen molar-refractivity contribution in [1.29, 1.82) is 0 Å². The van der Waals surface area contributed by atoms with Crippen LogP contribution in [0.4, 0.5) is 5.13 Å². The van der Waals surface area contributed by atoms with Crippen LogP contribution in [0.25, 0.3) is 20.0 Å². The second-order valence-corrected chi connectivity index (χ2v) is 11.1. The molecule has 0 radical (unpaired) electrons. The number of hydrogen-bond acceptors (Lipinski definition) is 6. The molecule has 0 aliphatic carbocycles. The summed E-state index contributed by atoms with van der Waals surface area (Å²) >= 11 is 9.94. The van der Waals surface area contributed by atoms with Gasteiger partial charge < -0.3 is 10.2 Å². The molecule has 0 spiro atoms. The van der Waals surface area contributed by atoms with Crippen LogP contribution in [0.1, 0.15) is 40.5 Å². The van der Waals surface area contributed by atoms with Crippen molar-refractivity contribution in [1.82, 2.24) is 15.5 Å². The van der Waals surface area contributed by atoms with Crippen LogP contribution in [0.2, 0.25) is 5.02 Å². The lowest BCUT2D eigenvalue weighted by Gasteiger charge is -2.48. The van der Waals surface area contributed by atoms with E-state index in [0.717, 1.165) is 38.3 Å². The molecule has 7 heteroatoms. The fraction of sp³-hybridized carbons (Fsp3) is 0.500. The predicted molar refractivity (Wildman–Crippen MR) is 118 cm³/mol. The Balaban J connectivity index is 1.63. The van der Waals surface area contributed by atoms with E-state index < -0.39 is 0 Å². The standard InChI is InChI=1S/C20H25ClN4S2/c1-19(2)10-12(11-20(3,4)24-19)25(5)18-23-22-17(27-18)16-15(21)13-8-6-7-9-14(13)26-16/h6-9,12,24H,10-11H2,1-5H3. The average Bonchev–Trinajstić information content (AvgIpc) is 3.17. The molecule has 1 aliphatic heterocycles. The fourth-order valence-corrected chi connectivity index (χ4v) is 6.83. The summed E-state index contributed by atoms with van der Waals surface area (Å²) in [6.45, 7) is 9.10. The van der Waals surface area contributed by atoms with Gasteiger partial charge in [-0.2, -0.15) is 0 Å². The van der Waals surface area contributed by atoms with E-state index in [2.05, 4.69) is 67.3 Å². The van der Waals surface area contributed by atoms with Crippen LogP contribution in [0.15, 0.2) is 24.3 Å². The third-order valence-corrected chi connectivity index (χ3v) is 8.00. The Morgan fingerprint density at radius 3 is 2.41 bits per heavy atom. The summed E-state index contributed by atoms with van der Waals surface area (Å²) in [5, 5.41) is 16.4. The van der Waals surface area contributed by atoms with Gasteiger partial charge >= 0.3 is 0 Å². The zero-order valence-electron chi connectivity index (χ0n) is 16.3. The van der Waals surface area contributed by atoms with Gasteiger partial charge in [0.25, 0.3) is 0 Å². The number of anilines is 1. The van der Waals surface area contributed by atoms with E-state index >= 15 is 0 Å². The molecular formula is C20H25ClN4S2. The van der Waals surface area contributed by atoms with Crippen LogP contribution in [0, 0.1) is 0 Å². The van der Waals surface area contributed by atoms with Gasteiger partial charge in [0.1, 0.15) is 0 Å². The summed E-state index contributed by atoms with van der Waals surface area (Å²) in [4.78, 5) is 3.31. The Bertz CT molecular complexity index is 959. The van der Waals surface area contributed by atoms with Crippen molar-refractivity contribution < 1.29 is 0 Å². The molecule has 4 nitrogen and oxygen atoms in total. The second-order valence-electron chi connectivity index (χ2n) is 8.70. The smallest absolute Gasteiger partial charge is 0.208 e. The first-order valence-corrected chi connectivity index (χ1v) is 11.2. The van der Waals surface area contributed by atoms with Crippen molar-refractivity contribution in [2.45, 2.75) is 57.7 Å². The van der Waals surface area contributed by atoms with Crippen LogP contribution in [-0.2, 0) is 0 Å². The van der Waals surface area contributed by atoms with E-state index in [-0.39, 0.29) is 11.1 Å². The Morgan fingerprint density at radius 1 is 1.07 bits per heavy atom. The number of aromatic nitrogens is 2. The van der Waals surface area contributed by atoms with E-state index in [9.17, 15) is 0 Å². The molecule has 1 N–H and O–H groups in total. The minimum absolute atomic E-state index is 0.100. The van der Waals surface area contributed by atoms with Crippen molar-refractivity contribution in [2.75, 3.05) is 11.9 Å². The molecule has 0 unspecified atom stereocenters. The van der Waals surface area contributed by atoms with Crippen LogP contribution in [0.5, 0.6) is 0 Å². The number of fused-ring (bicyclic) bond motifs is 1. The van der Waals surface area contributed by atoms with E-state index in [1.807, 2.05) is 12.1 Å². The number of piperidine rings is 1. The molecule has 1 aliphatic rings. The third kappa shape index (κ3) is 3.73. The minimum Gasteiger partial charge on any atom is -0.347 e. The summed E-state index contributed by atoms with van der Waals surface area (Å²) in [7, 11) is 2.14. The summed E-state index contributed by atoms with van der Waals surface area (Å²) in [5.41, 5.74) is 0.200. The molecule has 0 amide bonds. The van der Waals surface area contributed by atoms with E-state index in [1.54, 1.807) is 22.7 Å². The van der Waals surface area contributed by atoms with Gasteiger partial charge in [-0.05, 0) is 46.6 Å². The molecule has 2 aromatic heterocycles. The lowest BCUT2D eigenvalue weighted by atomic mass is 9.79. The van der Waals surface area contributed by atoms with E-state index in [1.165, 1.54) is 4.70 Å². The minimum atomic E-state index is 0.100. The van der Waals surface area contributed by atoms with Crippen molar-refractivity contribution in [3.8, 4) is 9.88 Å². The number of thiophene rings is 1. The summed E-state index contributed by atoms with van der Waals surface area (Å²) in [5.74, 6) is 0. The van der Waals surface area contributed by atoms with Crippen LogP contribution in [-0.4, -0.2) is 34.4 Å². The fourth-order valence-electron chi connectivity index (χ4n) is 4.30. The quantitative estimate of drug-likeness (QED) is 0.579. The van der Waals surface area contributed by atoms with Gasteiger partial charge in [-0.25, -0.2) is 0 Å². The van der Waals surface area contributed by atoms with Crippen molar-refractivity contribution in [2.24, 2.45) is 0 Å². The van der Waals surface area contributed by atoms with Crippen LogP contribution >= 0.6 is 34.3 Å². The molecule has 1 saturated heterocycles. The SMILES string of the molecule is CN(c1nnc(-c2sc3ccccc3c2Cl)s1)C1CC(C)(C)NC(C)(C)C1. The normalized spacial score (nSPS) is 19.5. The molecule has 144 valence electrons. The number of benzene rings is 1. The molecule has 3 aromatic rings. The zero-order chi connectivity index (χ0) is 19.4. The van der Waals surface area contributed by atoms with Gasteiger partial charge in [0.2, 0.25) is 5.13 Å².